The highest BCUT2D eigenvalue weighted by molar-refractivity contribution is 5.98. The zero-order chi connectivity index (χ0) is 10.5. The van der Waals surface area contributed by atoms with Gasteiger partial charge in [-0.3, -0.25) is 4.79 Å². The van der Waals surface area contributed by atoms with Gasteiger partial charge < -0.3 is 0 Å². The summed E-state index contributed by atoms with van der Waals surface area (Å²) in [5.74, 6) is -0.0107. The van der Waals surface area contributed by atoms with E-state index >= 15 is 0 Å². The zero-order valence-corrected chi connectivity index (χ0v) is 8.42. The van der Waals surface area contributed by atoms with Crippen LogP contribution in [0.1, 0.15) is 33.1 Å². The number of rotatable bonds is 4. The van der Waals surface area contributed by atoms with Gasteiger partial charge in [-0.25, -0.2) is 0 Å². The Kier molecular flexibility index (Phi) is 14.4. The van der Waals surface area contributed by atoms with Gasteiger partial charge >= 0.3 is 0 Å². The molecule has 0 aromatic carbocycles. The third-order valence-corrected chi connectivity index (χ3v) is 1.10. The third-order valence-electron chi connectivity index (χ3n) is 1.10. The molecule has 0 rings (SSSR count). The fourth-order valence-corrected chi connectivity index (χ4v) is 0.434. The van der Waals surface area contributed by atoms with Crippen LogP contribution in [0.5, 0.6) is 0 Å². The Morgan fingerprint density at radius 1 is 1.54 bits per heavy atom. The number of nitrogens with zero attached hydrogens (tertiary/aromatic N) is 1. The van der Waals surface area contributed by atoms with E-state index in [4.69, 9.17) is 5.26 Å². The minimum absolute atomic E-state index is 0.0107. The molecule has 0 heterocycles. The molecule has 0 fully saturated rings. The third kappa shape index (κ3) is 18.0. The van der Waals surface area contributed by atoms with E-state index in [9.17, 15) is 4.79 Å². The Bertz CT molecular complexity index is 199. The van der Waals surface area contributed by atoms with Crippen molar-refractivity contribution in [3.8, 4) is 6.07 Å². The Morgan fingerprint density at radius 2 is 2.08 bits per heavy atom. The highest BCUT2D eigenvalue weighted by Gasteiger charge is 1.82. The molecule has 13 heavy (non-hydrogen) atoms. The minimum atomic E-state index is -0.0107. The van der Waals surface area contributed by atoms with Crippen LogP contribution in [0.2, 0.25) is 0 Å². The highest BCUT2D eigenvalue weighted by atomic mass is 16.1. The van der Waals surface area contributed by atoms with Crippen LogP contribution >= 0.6 is 0 Å². The lowest BCUT2D eigenvalue weighted by atomic mass is 10.3. The van der Waals surface area contributed by atoms with Crippen LogP contribution in [0.3, 0.4) is 0 Å². The maximum absolute atomic E-state index is 10.5. The van der Waals surface area contributed by atoms with E-state index in [-0.39, 0.29) is 5.78 Å². The molecule has 0 atom stereocenters. The molecule has 0 aromatic rings. The summed E-state index contributed by atoms with van der Waals surface area (Å²) in [4.78, 5) is 10.5. The number of unbranched alkanes of at least 4 members (excludes halogenated alkanes) is 1. The Balaban J connectivity index is 0. The summed E-state index contributed by atoms with van der Waals surface area (Å²) in [6.07, 6.45) is 7.41. The fourth-order valence-electron chi connectivity index (χ4n) is 0.434. The summed E-state index contributed by atoms with van der Waals surface area (Å²) in [7, 11) is 0. The smallest absolute Gasteiger partial charge is 0.177 e. The van der Waals surface area contributed by atoms with Gasteiger partial charge in [-0.05, 0) is 18.6 Å². The maximum atomic E-state index is 10.5. The second-order valence-corrected chi connectivity index (χ2v) is 2.31. The molecular weight excluding hydrogens is 162 g/mol. The monoisotopic (exact) mass is 179 g/mol. The molecule has 0 saturated carbocycles. The summed E-state index contributed by atoms with van der Waals surface area (Å²) in [6, 6.07) is 1.93. The van der Waals surface area contributed by atoms with E-state index in [1.165, 1.54) is 6.08 Å². The molecule has 0 saturated heterocycles. The lowest BCUT2D eigenvalue weighted by Gasteiger charge is -1.81. The maximum Gasteiger partial charge on any atom is 0.177 e. The number of carbonyl (C=O) groups is 1. The lowest BCUT2D eigenvalue weighted by Crippen LogP contribution is -1.81. The lowest BCUT2D eigenvalue weighted by molar-refractivity contribution is -0.110. The Morgan fingerprint density at radius 3 is 2.38 bits per heavy atom. The van der Waals surface area contributed by atoms with Gasteiger partial charge in [0.2, 0.25) is 0 Å². The predicted octanol–water partition coefficient (Wildman–Crippen LogP) is 3.02. The van der Waals surface area contributed by atoms with Crippen molar-refractivity contribution < 1.29 is 4.79 Å². The highest BCUT2D eigenvalue weighted by Crippen LogP contribution is 1.88. The SMILES string of the molecule is C=CC(=O)/C=C\CCC.CCC#N. The molecule has 0 aliphatic heterocycles. The van der Waals surface area contributed by atoms with Gasteiger partial charge in [-0.1, -0.05) is 32.9 Å². The molecule has 0 N–H and O–H groups in total. The van der Waals surface area contributed by atoms with Gasteiger partial charge in [0.25, 0.3) is 0 Å². The molecule has 0 aromatic heterocycles. The largest absolute Gasteiger partial charge is 0.290 e. The van der Waals surface area contributed by atoms with Crippen LogP contribution in [0, 0.1) is 11.3 Å². The van der Waals surface area contributed by atoms with Crippen LogP contribution in [0.15, 0.2) is 24.8 Å². The molecular formula is C11H17NO. The number of hydrogen-bond acceptors (Lipinski definition) is 2. The summed E-state index contributed by atoms with van der Waals surface area (Å²) < 4.78 is 0. The first-order valence-corrected chi connectivity index (χ1v) is 4.42. The van der Waals surface area contributed by atoms with Gasteiger partial charge in [0.15, 0.2) is 5.78 Å². The standard InChI is InChI=1S/C8H12O.C3H5N/c1-3-5-6-7-8(9)4-2;1-2-3-4/h4,6-7H,2-3,5H2,1H3;2H2,1H3/b7-6-;. The van der Waals surface area contributed by atoms with Crippen molar-refractivity contribution in [2.75, 3.05) is 0 Å². The topological polar surface area (TPSA) is 40.9 Å². The normalized spacial score (nSPS) is 8.38. The van der Waals surface area contributed by atoms with E-state index in [0.717, 1.165) is 12.8 Å². The summed E-state index contributed by atoms with van der Waals surface area (Å²) in [6.45, 7) is 7.23. The molecule has 0 amide bonds. The van der Waals surface area contributed by atoms with Gasteiger partial charge in [0, 0.05) is 6.42 Å². The average Bonchev–Trinajstić information content (AvgIpc) is 2.18. The van der Waals surface area contributed by atoms with Crippen molar-refractivity contribution in [1.29, 1.82) is 5.26 Å². The van der Waals surface area contributed by atoms with Crippen molar-refractivity contribution in [2.24, 2.45) is 0 Å². The molecule has 2 heteroatoms. The fraction of sp³-hybridized carbons (Fsp3) is 0.455. The van der Waals surface area contributed by atoms with E-state index in [2.05, 4.69) is 13.5 Å². The Hall–Kier alpha value is -1.36. The van der Waals surface area contributed by atoms with E-state index < -0.39 is 0 Å². The second-order valence-electron chi connectivity index (χ2n) is 2.31. The van der Waals surface area contributed by atoms with Crippen molar-refractivity contribution in [3.63, 3.8) is 0 Å². The number of hydrogen-bond donors (Lipinski definition) is 0. The average molecular weight is 179 g/mol. The predicted molar refractivity (Wildman–Crippen MR) is 55.2 cm³/mol. The van der Waals surface area contributed by atoms with Crippen molar-refractivity contribution in [3.05, 3.63) is 24.8 Å². The van der Waals surface area contributed by atoms with Gasteiger partial charge in [-0.2, -0.15) is 5.26 Å². The molecule has 0 aliphatic carbocycles. The summed E-state index contributed by atoms with van der Waals surface area (Å²) >= 11 is 0. The molecule has 0 spiro atoms. The molecule has 0 radical (unpaired) electrons. The molecule has 0 aliphatic rings. The number of allylic oxidation sites excluding steroid dienone is 3. The first kappa shape index (κ1) is 14.2. The summed E-state index contributed by atoms with van der Waals surface area (Å²) in [5.41, 5.74) is 0. The summed E-state index contributed by atoms with van der Waals surface area (Å²) in [5, 5.41) is 7.62. The number of ketones is 1. The second kappa shape index (κ2) is 13.2. The quantitative estimate of drug-likeness (QED) is 0.622. The van der Waals surface area contributed by atoms with Crippen molar-refractivity contribution in [2.45, 2.75) is 33.1 Å². The number of nitriles is 1. The molecule has 0 unspecified atom stereocenters. The van der Waals surface area contributed by atoms with Crippen LogP contribution in [-0.4, -0.2) is 5.78 Å². The van der Waals surface area contributed by atoms with E-state index in [1.54, 1.807) is 6.08 Å². The Labute approximate surface area is 80.6 Å². The minimum Gasteiger partial charge on any atom is -0.290 e. The number of carbonyl (C=O) groups excluding carboxylic acids is 1. The van der Waals surface area contributed by atoms with Crippen LogP contribution in [0.4, 0.5) is 0 Å². The van der Waals surface area contributed by atoms with Crippen LogP contribution in [-0.2, 0) is 4.79 Å². The first-order chi connectivity index (χ1) is 6.22. The van der Waals surface area contributed by atoms with Gasteiger partial charge in [0.05, 0.1) is 6.07 Å². The van der Waals surface area contributed by atoms with Crippen molar-refractivity contribution in [1.82, 2.24) is 0 Å². The van der Waals surface area contributed by atoms with Crippen molar-refractivity contribution >= 4 is 5.78 Å². The van der Waals surface area contributed by atoms with Gasteiger partial charge in [0.1, 0.15) is 0 Å². The zero-order valence-electron chi connectivity index (χ0n) is 8.42. The van der Waals surface area contributed by atoms with Crippen LogP contribution < -0.4 is 0 Å². The van der Waals surface area contributed by atoms with E-state index in [0.29, 0.717) is 6.42 Å². The molecule has 2 nitrogen and oxygen atoms in total. The van der Waals surface area contributed by atoms with E-state index in [1.807, 2.05) is 19.1 Å². The molecule has 72 valence electrons. The van der Waals surface area contributed by atoms with Crippen LogP contribution in [0.25, 0.3) is 0 Å². The molecule has 0 bridgehead atoms. The van der Waals surface area contributed by atoms with Gasteiger partial charge in [-0.15, -0.1) is 0 Å². The first-order valence-electron chi connectivity index (χ1n) is 4.42.